The van der Waals surface area contributed by atoms with Gasteiger partial charge in [-0.15, -0.1) is 0 Å². The summed E-state index contributed by atoms with van der Waals surface area (Å²) >= 11 is 0. The molecule has 6 rings (SSSR count). The van der Waals surface area contributed by atoms with Gasteiger partial charge in [-0.1, -0.05) is 42.0 Å². The number of hydrogen-bond donors (Lipinski definition) is 0. The molecule has 0 bridgehead atoms. The van der Waals surface area contributed by atoms with E-state index >= 15 is 0 Å². The lowest BCUT2D eigenvalue weighted by Crippen LogP contribution is -2.03. The van der Waals surface area contributed by atoms with Crippen LogP contribution in [-0.2, 0) is 6.54 Å². The number of carbonyl (C=O) groups is 2. The standard InChI is InChI=1S/C28H20N2O3/c1-3-30-20(15-24-27(30)29-28(33-24)17-10-8-16(2)9-11-17)14-23-25(31)21-12-18-6-4-5-7-19(18)13-22(21)26(23)32/h4-15H,3H2,1-2H3. The van der Waals surface area contributed by atoms with E-state index in [2.05, 4.69) is 0 Å². The van der Waals surface area contributed by atoms with Gasteiger partial charge in [0, 0.05) is 35.0 Å². The summed E-state index contributed by atoms with van der Waals surface area (Å²) in [6.07, 6.45) is 1.67. The zero-order chi connectivity index (χ0) is 22.7. The first-order valence-electron chi connectivity index (χ1n) is 10.9. The molecule has 5 aromatic rings. The van der Waals surface area contributed by atoms with Crippen LogP contribution >= 0.6 is 0 Å². The highest BCUT2D eigenvalue weighted by molar-refractivity contribution is 6.42. The van der Waals surface area contributed by atoms with Gasteiger partial charge in [0.05, 0.1) is 5.57 Å². The molecule has 0 aliphatic heterocycles. The van der Waals surface area contributed by atoms with Crippen molar-refractivity contribution in [3.8, 4) is 11.5 Å². The Morgan fingerprint density at radius 1 is 0.909 bits per heavy atom. The summed E-state index contributed by atoms with van der Waals surface area (Å²) in [6, 6.07) is 21.2. The van der Waals surface area contributed by atoms with E-state index in [4.69, 9.17) is 9.40 Å². The van der Waals surface area contributed by atoms with Crippen LogP contribution < -0.4 is 0 Å². The highest BCUT2D eigenvalue weighted by atomic mass is 16.3. The molecule has 5 heteroatoms. The first-order valence-corrected chi connectivity index (χ1v) is 10.9. The van der Waals surface area contributed by atoms with E-state index in [-0.39, 0.29) is 17.1 Å². The average molecular weight is 432 g/mol. The topological polar surface area (TPSA) is 65.1 Å². The van der Waals surface area contributed by atoms with Crippen LogP contribution in [0.4, 0.5) is 0 Å². The van der Waals surface area contributed by atoms with Gasteiger partial charge < -0.3 is 8.98 Å². The lowest BCUT2D eigenvalue weighted by atomic mass is 10.0. The molecule has 0 unspecified atom stereocenters. The van der Waals surface area contributed by atoms with Crippen molar-refractivity contribution in [3.05, 3.63) is 94.7 Å². The quantitative estimate of drug-likeness (QED) is 0.250. The zero-order valence-electron chi connectivity index (χ0n) is 18.3. The fraction of sp³-hybridized carbons (Fsp3) is 0.107. The Balaban J connectivity index is 1.44. The second kappa shape index (κ2) is 7.14. The number of ketones is 2. The van der Waals surface area contributed by atoms with E-state index in [1.165, 1.54) is 5.56 Å². The first kappa shape index (κ1) is 19.4. The third-order valence-electron chi connectivity index (χ3n) is 6.25. The van der Waals surface area contributed by atoms with E-state index in [0.717, 1.165) is 22.0 Å². The summed E-state index contributed by atoms with van der Waals surface area (Å²) in [7, 11) is 0. The number of rotatable bonds is 3. The van der Waals surface area contributed by atoms with Crippen molar-refractivity contribution in [2.75, 3.05) is 0 Å². The number of aryl methyl sites for hydroxylation is 2. The van der Waals surface area contributed by atoms with Gasteiger partial charge in [0.2, 0.25) is 5.89 Å². The molecule has 0 amide bonds. The Hall–Kier alpha value is -4.25. The lowest BCUT2D eigenvalue weighted by Gasteiger charge is -2.03. The van der Waals surface area contributed by atoms with Crippen molar-refractivity contribution in [3.63, 3.8) is 0 Å². The number of allylic oxidation sites excluding steroid dienone is 1. The van der Waals surface area contributed by atoms with Gasteiger partial charge in [0.15, 0.2) is 22.8 Å². The van der Waals surface area contributed by atoms with E-state index in [1.54, 1.807) is 6.08 Å². The predicted molar refractivity (Wildman–Crippen MR) is 128 cm³/mol. The lowest BCUT2D eigenvalue weighted by molar-refractivity contribution is 0.0990. The average Bonchev–Trinajstić information content (AvgIpc) is 3.44. The molecule has 0 N–H and O–H groups in total. The molecule has 2 aromatic heterocycles. The van der Waals surface area contributed by atoms with Crippen molar-refractivity contribution in [1.29, 1.82) is 0 Å². The molecule has 0 fully saturated rings. The third kappa shape index (κ3) is 2.97. The number of hydrogen-bond acceptors (Lipinski definition) is 4. The van der Waals surface area contributed by atoms with Crippen LogP contribution in [-0.4, -0.2) is 21.1 Å². The number of benzene rings is 3. The number of carbonyl (C=O) groups excluding carboxylic acids is 2. The molecule has 0 spiro atoms. The maximum Gasteiger partial charge on any atom is 0.228 e. The predicted octanol–water partition coefficient (Wildman–Crippen LogP) is 6.24. The van der Waals surface area contributed by atoms with Gasteiger partial charge >= 0.3 is 0 Å². The summed E-state index contributed by atoms with van der Waals surface area (Å²) < 4.78 is 7.98. The van der Waals surface area contributed by atoms with Gasteiger partial charge in [-0.2, -0.15) is 4.98 Å². The Kier molecular flexibility index (Phi) is 4.20. The summed E-state index contributed by atoms with van der Waals surface area (Å²) in [5.74, 6) is 0.0672. The van der Waals surface area contributed by atoms with Gasteiger partial charge in [0.1, 0.15) is 0 Å². The van der Waals surface area contributed by atoms with Crippen LogP contribution in [0.15, 0.2) is 76.7 Å². The molecule has 33 heavy (non-hydrogen) atoms. The minimum atomic E-state index is -0.241. The smallest absolute Gasteiger partial charge is 0.228 e. The minimum Gasteiger partial charge on any atom is -0.434 e. The molecule has 3 aromatic carbocycles. The number of fused-ring (bicyclic) bond motifs is 3. The summed E-state index contributed by atoms with van der Waals surface area (Å²) in [6.45, 7) is 4.66. The number of oxazole rings is 1. The Labute approximate surface area is 190 Å². The van der Waals surface area contributed by atoms with Gasteiger partial charge in [-0.25, -0.2) is 0 Å². The molecule has 0 atom stereocenters. The van der Waals surface area contributed by atoms with Crippen molar-refractivity contribution in [2.24, 2.45) is 0 Å². The fourth-order valence-corrected chi connectivity index (χ4v) is 4.51. The molecule has 1 aliphatic carbocycles. The largest absolute Gasteiger partial charge is 0.434 e. The zero-order valence-corrected chi connectivity index (χ0v) is 18.3. The van der Waals surface area contributed by atoms with E-state index in [0.29, 0.717) is 34.8 Å². The summed E-state index contributed by atoms with van der Waals surface area (Å²) in [4.78, 5) is 31.0. The van der Waals surface area contributed by atoms with Gasteiger partial charge in [-0.05, 0) is 55.0 Å². The summed E-state index contributed by atoms with van der Waals surface area (Å²) in [5, 5.41) is 1.89. The SMILES string of the molecule is CCn1c(C=C2C(=O)c3cc4ccccc4cc3C2=O)cc2oc(-c3ccc(C)cc3)nc21. The second-order valence-corrected chi connectivity index (χ2v) is 8.35. The first-order chi connectivity index (χ1) is 16.0. The summed E-state index contributed by atoms with van der Waals surface area (Å²) in [5.41, 5.74) is 5.22. The molecule has 160 valence electrons. The van der Waals surface area contributed by atoms with Gasteiger partial charge in [0.25, 0.3) is 0 Å². The molecule has 0 saturated carbocycles. The monoisotopic (exact) mass is 432 g/mol. The number of nitrogens with zero attached hydrogens (tertiary/aromatic N) is 2. The van der Waals surface area contributed by atoms with Crippen LogP contribution in [0.2, 0.25) is 0 Å². The molecule has 5 nitrogen and oxygen atoms in total. The maximum absolute atomic E-state index is 13.1. The van der Waals surface area contributed by atoms with Crippen molar-refractivity contribution < 1.29 is 14.0 Å². The maximum atomic E-state index is 13.1. The molecule has 0 saturated heterocycles. The molecule has 1 aliphatic rings. The molecule has 0 radical (unpaired) electrons. The van der Waals surface area contributed by atoms with Crippen LogP contribution in [0.5, 0.6) is 0 Å². The second-order valence-electron chi connectivity index (χ2n) is 8.35. The number of aromatic nitrogens is 2. The van der Waals surface area contributed by atoms with Crippen molar-refractivity contribution in [1.82, 2.24) is 9.55 Å². The van der Waals surface area contributed by atoms with Crippen molar-refractivity contribution >= 4 is 39.6 Å². The normalized spacial score (nSPS) is 13.3. The van der Waals surface area contributed by atoms with E-state index in [9.17, 15) is 9.59 Å². The molecule has 2 heterocycles. The Morgan fingerprint density at radius 2 is 1.55 bits per heavy atom. The van der Waals surface area contributed by atoms with Crippen LogP contribution in [0.25, 0.3) is 39.5 Å². The van der Waals surface area contributed by atoms with Crippen molar-refractivity contribution in [2.45, 2.75) is 20.4 Å². The minimum absolute atomic E-state index is 0.175. The Bertz CT molecular complexity index is 1580. The molecular weight excluding hydrogens is 412 g/mol. The fourth-order valence-electron chi connectivity index (χ4n) is 4.51. The number of Topliss-reactive ketones (excluding diaryl/α,β-unsaturated/α-hetero) is 2. The third-order valence-corrected chi connectivity index (χ3v) is 6.25. The van der Waals surface area contributed by atoms with Gasteiger partial charge in [-0.3, -0.25) is 9.59 Å². The van der Waals surface area contributed by atoms with E-state index in [1.807, 2.05) is 85.1 Å². The van der Waals surface area contributed by atoms with E-state index < -0.39 is 0 Å². The van der Waals surface area contributed by atoms with Crippen LogP contribution in [0, 0.1) is 6.92 Å². The molecular formula is C28H20N2O3. The highest BCUT2D eigenvalue weighted by Gasteiger charge is 2.34. The highest BCUT2D eigenvalue weighted by Crippen LogP contribution is 2.33. The Morgan fingerprint density at radius 3 is 2.15 bits per heavy atom. The van der Waals surface area contributed by atoms with Crippen LogP contribution in [0.3, 0.4) is 0 Å². The van der Waals surface area contributed by atoms with Crippen LogP contribution in [0.1, 0.15) is 38.9 Å².